The average molecular weight is 252 g/mol. The van der Waals surface area contributed by atoms with Crippen LogP contribution in [-0.2, 0) is 0 Å². The van der Waals surface area contributed by atoms with Crippen LogP contribution in [0.1, 0.15) is 24.3 Å². The van der Waals surface area contributed by atoms with Crippen LogP contribution >= 0.6 is 23.2 Å². The van der Waals surface area contributed by atoms with Crippen LogP contribution < -0.4 is 0 Å². The van der Waals surface area contributed by atoms with E-state index in [9.17, 15) is 0 Å². The lowest BCUT2D eigenvalue weighted by Crippen LogP contribution is -1.98. The molecule has 0 amide bonds. The van der Waals surface area contributed by atoms with Gasteiger partial charge in [-0.3, -0.25) is 4.99 Å². The maximum atomic E-state index is 6.05. The van der Waals surface area contributed by atoms with E-state index in [1.165, 1.54) is 29.6 Å². The van der Waals surface area contributed by atoms with E-state index in [0.29, 0.717) is 16.0 Å². The third-order valence-electron chi connectivity index (χ3n) is 3.38. The Morgan fingerprint density at radius 2 is 2.06 bits per heavy atom. The Morgan fingerprint density at radius 1 is 1.19 bits per heavy atom. The molecule has 82 valence electrons. The minimum absolute atomic E-state index is 0.469. The zero-order valence-corrected chi connectivity index (χ0v) is 10.2. The quantitative estimate of drug-likeness (QED) is 0.708. The van der Waals surface area contributed by atoms with E-state index in [1.54, 1.807) is 0 Å². The van der Waals surface area contributed by atoms with Crippen LogP contribution in [0.5, 0.6) is 0 Å². The van der Waals surface area contributed by atoms with Gasteiger partial charge in [-0.1, -0.05) is 29.3 Å². The standard InChI is InChI=1S/C13H11Cl2N/c14-12-4-2-8(5-13(12)15)10-3-1-9-6-16-7-11(9)10/h2,4-5,7,10H,1,3,6H2. The molecule has 2 aliphatic rings. The first kappa shape index (κ1) is 10.4. The molecular weight excluding hydrogens is 241 g/mol. The lowest BCUT2D eigenvalue weighted by atomic mass is 9.93. The van der Waals surface area contributed by atoms with Crippen molar-refractivity contribution in [1.82, 2.24) is 0 Å². The molecule has 1 aromatic carbocycles. The summed E-state index contributed by atoms with van der Waals surface area (Å²) in [5.41, 5.74) is 4.15. The summed E-state index contributed by atoms with van der Waals surface area (Å²) in [4.78, 5) is 4.33. The maximum Gasteiger partial charge on any atom is 0.0606 e. The second-order valence-electron chi connectivity index (χ2n) is 4.29. The molecule has 0 radical (unpaired) electrons. The number of benzene rings is 1. The number of hydrogen-bond donors (Lipinski definition) is 0. The van der Waals surface area contributed by atoms with Crippen molar-refractivity contribution in [3.63, 3.8) is 0 Å². The van der Waals surface area contributed by atoms with Gasteiger partial charge in [-0.2, -0.15) is 0 Å². The van der Waals surface area contributed by atoms with Crippen molar-refractivity contribution in [2.24, 2.45) is 4.99 Å². The van der Waals surface area contributed by atoms with Crippen molar-refractivity contribution in [3.8, 4) is 0 Å². The van der Waals surface area contributed by atoms with E-state index in [4.69, 9.17) is 23.2 Å². The summed E-state index contributed by atoms with van der Waals surface area (Å²) in [5.74, 6) is 0.469. The van der Waals surface area contributed by atoms with Gasteiger partial charge in [0.25, 0.3) is 0 Å². The molecule has 1 unspecified atom stereocenters. The molecule has 3 rings (SSSR count). The van der Waals surface area contributed by atoms with Gasteiger partial charge in [-0.25, -0.2) is 0 Å². The Hall–Kier alpha value is -0.790. The minimum Gasteiger partial charge on any atom is -0.288 e. The zero-order valence-electron chi connectivity index (χ0n) is 8.71. The summed E-state index contributed by atoms with van der Waals surface area (Å²) < 4.78 is 0. The maximum absolute atomic E-state index is 6.05. The van der Waals surface area contributed by atoms with Gasteiger partial charge >= 0.3 is 0 Å². The highest BCUT2D eigenvalue weighted by molar-refractivity contribution is 6.42. The van der Waals surface area contributed by atoms with E-state index in [0.717, 1.165) is 6.54 Å². The smallest absolute Gasteiger partial charge is 0.0606 e. The fourth-order valence-electron chi connectivity index (χ4n) is 2.55. The fourth-order valence-corrected chi connectivity index (χ4v) is 2.85. The summed E-state index contributed by atoms with van der Waals surface area (Å²) in [6.45, 7) is 0.896. The number of hydrogen-bond acceptors (Lipinski definition) is 1. The van der Waals surface area contributed by atoms with Crippen molar-refractivity contribution in [1.29, 1.82) is 0 Å². The molecule has 0 saturated heterocycles. The molecule has 1 atom stereocenters. The Bertz CT molecular complexity index is 503. The van der Waals surface area contributed by atoms with E-state index < -0.39 is 0 Å². The van der Waals surface area contributed by atoms with Gasteiger partial charge in [0, 0.05) is 12.1 Å². The summed E-state index contributed by atoms with van der Waals surface area (Å²) in [5, 5.41) is 1.26. The minimum atomic E-state index is 0.469. The highest BCUT2D eigenvalue weighted by Crippen LogP contribution is 2.41. The van der Waals surface area contributed by atoms with E-state index in [2.05, 4.69) is 11.1 Å². The Kier molecular flexibility index (Phi) is 2.53. The topological polar surface area (TPSA) is 12.4 Å². The van der Waals surface area contributed by atoms with E-state index >= 15 is 0 Å². The van der Waals surface area contributed by atoms with Crippen LogP contribution in [0.15, 0.2) is 34.3 Å². The molecule has 1 nitrogen and oxygen atoms in total. The van der Waals surface area contributed by atoms with Crippen LogP contribution in [-0.4, -0.2) is 12.8 Å². The van der Waals surface area contributed by atoms with Gasteiger partial charge in [0.15, 0.2) is 0 Å². The largest absolute Gasteiger partial charge is 0.288 e. The molecule has 16 heavy (non-hydrogen) atoms. The molecular formula is C13H11Cl2N. The molecule has 1 aliphatic heterocycles. The van der Waals surface area contributed by atoms with Crippen molar-refractivity contribution in [3.05, 3.63) is 45.0 Å². The van der Waals surface area contributed by atoms with Gasteiger partial charge in [0.1, 0.15) is 0 Å². The predicted molar refractivity (Wildman–Crippen MR) is 68.8 cm³/mol. The molecule has 0 saturated carbocycles. The number of nitrogens with zero attached hydrogens (tertiary/aromatic N) is 1. The predicted octanol–water partition coefficient (Wildman–Crippen LogP) is 4.25. The molecule has 0 fully saturated rings. The van der Waals surface area contributed by atoms with Gasteiger partial charge < -0.3 is 0 Å². The van der Waals surface area contributed by atoms with Crippen molar-refractivity contribution < 1.29 is 0 Å². The first-order valence-corrected chi connectivity index (χ1v) is 6.18. The first-order valence-electron chi connectivity index (χ1n) is 5.42. The Morgan fingerprint density at radius 3 is 2.88 bits per heavy atom. The van der Waals surface area contributed by atoms with Crippen LogP contribution in [0.4, 0.5) is 0 Å². The summed E-state index contributed by atoms with van der Waals surface area (Å²) in [6.07, 6.45) is 4.37. The number of allylic oxidation sites excluding steroid dienone is 1. The fraction of sp³-hybridized carbons (Fsp3) is 0.308. The van der Waals surface area contributed by atoms with E-state index in [1.807, 2.05) is 18.3 Å². The van der Waals surface area contributed by atoms with Crippen LogP contribution in [0.2, 0.25) is 10.0 Å². The lowest BCUT2D eigenvalue weighted by Gasteiger charge is -2.12. The Balaban J connectivity index is 1.99. The summed E-state index contributed by atoms with van der Waals surface area (Å²) in [6, 6.07) is 5.93. The molecule has 3 heteroatoms. The monoisotopic (exact) mass is 251 g/mol. The summed E-state index contributed by atoms with van der Waals surface area (Å²) in [7, 11) is 0. The molecule has 0 aromatic heterocycles. The molecule has 1 aliphatic carbocycles. The molecule has 1 heterocycles. The van der Waals surface area contributed by atoms with Crippen LogP contribution in [0.25, 0.3) is 0 Å². The van der Waals surface area contributed by atoms with Crippen molar-refractivity contribution >= 4 is 29.4 Å². The lowest BCUT2D eigenvalue weighted by molar-refractivity contribution is 0.776. The van der Waals surface area contributed by atoms with Crippen LogP contribution in [0, 0.1) is 0 Å². The van der Waals surface area contributed by atoms with Gasteiger partial charge in [0.2, 0.25) is 0 Å². The van der Waals surface area contributed by atoms with Gasteiger partial charge in [-0.15, -0.1) is 0 Å². The van der Waals surface area contributed by atoms with Gasteiger partial charge in [0.05, 0.1) is 16.6 Å². The summed E-state index contributed by atoms with van der Waals surface area (Å²) >= 11 is 12.0. The third kappa shape index (κ3) is 1.59. The van der Waals surface area contributed by atoms with Crippen LogP contribution in [0.3, 0.4) is 0 Å². The average Bonchev–Trinajstić information content (AvgIpc) is 2.83. The second-order valence-corrected chi connectivity index (χ2v) is 5.11. The highest BCUT2D eigenvalue weighted by atomic mass is 35.5. The number of halogens is 2. The Labute approximate surface area is 105 Å². The number of aliphatic imine (C=N–C) groups is 1. The van der Waals surface area contributed by atoms with Crippen molar-refractivity contribution in [2.45, 2.75) is 18.8 Å². The SMILES string of the molecule is Clc1ccc(C2CCC3=C2C=NC3)cc1Cl. The van der Waals surface area contributed by atoms with Crippen molar-refractivity contribution in [2.75, 3.05) is 6.54 Å². The molecule has 1 aromatic rings. The van der Waals surface area contributed by atoms with E-state index in [-0.39, 0.29) is 0 Å². The molecule has 0 N–H and O–H groups in total. The first-order chi connectivity index (χ1) is 7.75. The molecule has 0 spiro atoms. The zero-order chi connectivity index (χ0) is 11.1. The third-order valence-corrected chi connectivity index (χ3v) is 4.12. The van der Waals surface area contributed by atoms with Gasteiger partial charge in [-0.05, 0) is 41.7 Å². The normalized spacial score (nSPS) is 23.0. The second kappa shape index (κ2) is 3.90. The highest BCUT2D eigenvalue weighted by Gasteiger charge is 2.27. The molecule has 0 bridgehead atoms. The number of rotatable bonds is 1.